The lowest BCUT2D eigenvalue weighted by molar-refractivity contribution is 0.112. The Kier molecular flexibility index (Phi) is 4.82. The number of nitrogens with one attached hydrogen (secondary N) is 1. The van der Waals surface area contributed by atoms with Crippen LogP contribution in [-0.2, 0) is 4.74 Å². The van der Waals surface area contributed by atoms with Crippen molar-refractivity contribution in [3.05, 3.63) is 28.2 Å². The number of benzene rings is 1. The number of hydrogen-bond acceptors (Lipinski definition) is 3. The quantitative estimate of drug-likeness (QED) is 0.924. The van der Waals surface area contributed by atoms with Gasteiger partial charge in [0.25, 0.3) is 0 Å². The molecule has 0 bridgehead atoms. The molecule has 1 aromatic rings. The van der Waals surface area contributed by atoms with E-state index in [9.17, 15) is 4.79 Å². The first-order chi connectivity index (χ1) is 9.11. The normalized spacial score (nSPS) is 19.4. The number of carbonyl (C=O) groups is 1. The van der Waals surface area contributed by atoms with Crippen molar-refractivity contribution in [2.45, 2.75) is 13.3 Å². The maximum absolute atomic E-state index is 11.9. The molecule has 2 rings (SSSR count). The second kappa shape index (κ2) is 6.39. The van der Waals surface area contributed by atoms with E-state index in [-0.39, 0.29) is 6.09 Å². The van der Waals surface area contributed by atoms with Crippen LogP contribution in [0.2, 0.25) is 0 Å². The van der Waals surface area contributed by atoms with Gasteiger partial charge in [-0.2, -0.15) is 0 Å². The monoisotopic (exact) mass is 326 g/mol. The smallest absolute Gasteiger partial charge is 0.414 e. The van der Waals surface area contributed by atoms with E-state index in [4.69, 9.17) is 4.74 Å². The summed E-state index contributed by atoms with van der Waals surface area (Å²) in [5, 5.41) is 3.13. The Morgan fingerprint density at radius 2 is 2.32 bits per heavy atom. The lowest BCUT2D eigenvalue weighted by Gasteiger charge is -2.32. The fourth-order valence-corrected chi connectivity index (χ4v) is 2.50. The van der Waals surface area contributed by atoms with Gasteiger partial charge < -0.3 is 10.1 Å². The van der Waals surface area contributed by atoms with Crippen LogP contribution in [0, 0.1) is 12.8 Å². The summed E-state index contributed by atoms with van der Waals surface area (Å²) in [6.45, 7) is 4.20. The number of halogens is 1. The number of amides is 1. The third-order valence-corrected chi connectivity index (χ3v) is 4.23. The van der Waals surface area contributed by atoms with Gasteiger partial charge in [-0.05, 0) is 44.6 Å². The summed E-state index contributed by atoms with van der Waals surface area (Å²) in [5.41, 5.74) is 2.04. The average Bonchev–Trinajstić information content (AvgIpc) is 2.41. The molecule has 0 radical (unpaired) electrons. The highest BCUT2D eigenvalue weighted by Gasteiger charge is 2.28. The minimum absolute atomic E-state index is 0.253. The Balaban J connectivity index is 2.11. The molecule has 1 unspecified atom stereocenters. The zero-order chi connectivity index (χ0) is 13.8. The van der Waals surface area contributed by atoms with Gasteiger partial charge in [-0.25, -0.2) is 4.79 Å². The molecule has 1 aliphatic rings. The van der Waals surface area contributed by atoms with Crippen molar-refractivity contribution in [3.63, 3.8) is 0 Å². The summed E-state index contributed by atoms with van der Waals surface area (Å²) in [5.74, 6) is 0.380. The molecule has 1 amide bonds. The summed E-state index contributed by atoms with van der Waals surface area (Å²) < 4.78 is 6.28. The van der Waals surface area contributed by atoms with E-state index >= 15 is 0 Å². The molecule has 104 valence electrons. The first-order valence-electron chi connectivity index (χ1n) is 6.47. The number of carbonyl (C=O) groups excluding carboxylic acids is 1. The standard InChI is InChI=1S/C14H19BrN2O2/c1-10-3-4-12(7-13(10)15)17-8-11(5-6-16-2)9-19-14(17)18/h3-4,7,11,16H,5-6,8-9H2,1-2H3. The number of anilines is 1. The maximum Gasteiger partial charge on any atom is 0.414 e. The number of hydrogen-bond donors (Lipinski definition) is 1. The van der Waals surface area contributed by atoms with Crippen LogP contribution in [0.3, 0.4) is 0 Å². The molecule has 19 heavy (non-hydrogen) atoms. The Labute approximate surface area is 122 Å². The molecule has 1 aliphatic heterocycles. The number of ether oxygens (including phenoxy) is 1. The lowest BCUT2D eigenvalue weighted by Crippen LogP contribution is -2.43. The lowest BCUT2D eigenvalue weighted by atomic mass is 10.0. The van der Waals surface area contributed by atoms with E-state index in [0.29, 0.717) is 12.5 Å². The van der Waals surface area contributed by atoms with Gasteiger partial charge >= 0.3 is 6.09 Å². The zero-order valence-corrected chi connectivity index (χ0v) is 12.9. The second-order valence-corrected chi connectivity index (χ2v) is 5.73. The molecule has 0 saturated carbocycles. The highest BCUT2D eigenvalue weighted by Crippen LogP contribution is 2.27. The van der Waals surface area contributed by atoms with Gasteiger partial charge in [0.1, 0.15) is 0 Å². The highest BCUT2D eigenvalue weighted by molar-refractivity contribution is 9.10. The van der Waals surface area contributed by atoms with Gasteiger partial charge in [0, 0.05) is 22.6 Å². The molecule has 1 heterocycles. The molecular weight excluding hydrogens is 308 g/mol. The van der Waals surface area contributed by atoms with Crippen molar-refractivity contribution < 1.29 is 9.53 Å². The topological polar surface area (TPSA) is 41.6 Å². The SMILES string of the molecule is CNCCC1COC(=O)N(c2ccc(C)c(Br)c2)C1. The van der Waals surface area contributed by atoms with E-state index in [2.05, 4.69) is 21.2 Å². The van der Waals surface area contributed by atoms with E-state index in [1.54, 1.807) is 4.90 Å². The number of aryl methyl sites for hydroxylation is 1. The van der Waals surface area contributed by atoms with Crippen LogP contribution in [0.15, 0.2) is 22.7 Å². The van der Waals surface area contributed by atoms with Crippen molar-refractivity contribution in [1.29, 1.82) is 0 Å². The molecule has 1 aromatic carbocycles. The van der Waals surface area contributed by atoms with Crippen molar-refractivity contribution >= 4 is 27.7 Å². The number of nitrogens with zero attached hydrogens (tertiary/aromatic N) is 1. The van der Waals surface area contributed by atoms with Gasteiger partial charge in [0.15, 0.2) is 0 Å². The Bertz CT molecular complexity index is 465. The molecular formula is C14H19BrN2O2. The van der Waals surface area contributed by atoms with Crippen LogP contribution in [0.25, 0.3) is 0 Å². The summed E-state index contributed by atoms with van der Waals surface area (Å²) in [4.78, 5) is 13.6. The Morgan fingerprint density at radius 3 is 3.00 bits per heavy atom. The van der Waals surface area contributed by atoms with E-state index in [1.165, 1.54) is 0 Å². The molecule has 0 spiro atoms. The number of rotatable bonds is 4. The fraction of sp³-hybridized carbons (Fsp3) is 0.500. The zero-order valence-electron chi connectivity index (χ0n) is 11.3. The van der Waals surface area contributed by atoms with Gasteiger partial charge in [-0.15, -0.1) is 0 Å². The molecule has 0 aliphatic carbocycles. The van der Waals surface area contributed by atoms with Crippen LogP contribution in [0.1, 0.15) is 12.0 Å². The predicted octanol–water partition coefficient (Wildman–Crippen LogP) is 2.94. The molecule has 0 aromatic heterocycles. The van der Waals surface area contributed by atoms with Crippen LogP contribution in [0.5, 0.6) is 0 Å². The molecule has 5 heteroatoms. The van der Waals surface area contributed by atoms with Crippen LogP contribution >= 0.6 is 15.9 Å². The first-order valence-corrected chi connectivity index (χ1v) is 7.26. The second-order valence-electron chi connectivity index (χ2n) is 4.88. The van der Waals surface area contributed by atoms with Crippen LogP contribution in [0.4, 0.5) is 10.5 Å². The minimum Gasteiger partial charge on any atom is -0.449 e. The van der Waals surface area contributed by atoms with Gasteiger partial charge in [0.2, 0.25) is 0 Å². The third kappa shape index (κ3) is 3.48. The molecule has 1 N–H and O–H groups in total. The van der Waals surface area contributed by atoms with Gasteiger partial charge in [-0.1, -0.05) is 22.0 Å². The first kappa shape index (κ1) is 14.3. The molecule has 1 saturated heterocycles. The molecule has 4 nitrogen and oxygen atoms in total. The van der Waals surface area contributed by atoms with E-state index in [0.717, 1.165) is 35.2 Å². The minimum atomic E-state index is -0.253. The highest BCUT2D eigenvalue weighted by atomic mass is 79.9. The summed E-state index contributed by atoms with van der Waals surface area (Å²) in [7, 11) is 1.93. The Morgan fingerprint density at radius 1 is 1.53 bits per heavy atom. The maximum atomic E-state index is 11.9. The largest absolute Gasteiger partial charge is 0.449 e. The summed E-state index contributed by atoms with van der Waals surface area (Å²) >= 11 is 3.50. The van der Waals surface area contributed by atoms with Gasteiger partial charge in [0.05, 0.1) is 6.61 Å². The third-order valence-electron chi connectivity index (χ3n) is 3.37. The fourth-order valence-electron chi connectivity index (χ4n) is 2.14. The van der Waals surface area contributed by atoms with Crippen molar-refractivity contribution in [2.24, 2.45) is 5.92 Å². The van der Waals surface area contributed by atoms with Crippen molar-refractivity contribution in [3.8, 4) is 0 Å². The average molecular weight is 327 g/mol. The van der Waals surface area contributed by atoms with Crippen molar-refractivity contribution in [2.75, 3.05) is 31.6 Å². The predicted molar refractivity (Wildman–Crippen MR) is 79.6 cm³/mol. The van der Waals surface area contributed by atoms with E-state index in [1.807, 2.05) is 32.2 Å². The Hall–Kier alpha value is -1.07. The van der Waals surface area contributed by atoms with E-state index < -0.39 is 0 Å². The van der Waals surface area contributed by atoms with Gasteiger partial charge in [-0.3, -0.25) is 4.90 Å². The van der Waals surface area contributed by atoms with Crippen LogP contribution in [-0.4, -0.2) is 32.8 Å². The van der Waals surface area contributed by atoms with Crippen LogP contribution < -0.4 is 10.2 Å². The summed E-state index contributed by atoms with van der Waals surface area (Å²) in [6.07, 6.45) is 0.754. The summed E-state index contributed by atoms with van der Waals surface area (Å²) in [6, 6.07) is 5.93. The molecule has 1 atom stereocenters. The van der Waals surface area contributed by atoms with Crippen molar-refractivity contribution in [1.82, 2.24) is 5.32 Å². The molecule has 1 fully saturated rings. The number of cyclic esters (lactones) is 1.